The second kappa shape index (κ2) is 14.7. The SMILES string of the molecule is CCCCC(C(=O)O)C1CCC1CN1CC(c2ccc(Cl)cc2CCC)COc2ccc(C(=O)NS(=O)C(C)C)cc21. The predicted octanol–water partition coefficient (Wildman–Crippen LogP) is 6.99. The maximum Gasteiger partial charge on any atom is 0.306 e. The van der Waals surface area contributed by atoms with E-state index in [2.05, 4.69) is 29.5 Å². The molecule has 1 saturated carbocycles. The minimum Gasteiger partial charge on any atom is -0.491 e. The summed E-state index contributed by atoms with van der Waals surface area (Å²) in [7, 11) is -1.48. The number of aliphatic carboxylic acids is 1. The van der Waals surface area contributed by atoms with Gasteiger partial charge in [-0.2, -0.15) is 0 Å². The van der Waals surface area contributed by atoms with Crippen molar-refractivity contribution in [1.29, 1.82) is 0 Å². The van der Waals surface area contributed by atoms with Crippen molar-refractivity contribution in [2.24, 2.45) is 17.8 Å². The van der Waals surface area contributed by atoms with Gasteiger partial charge in [0.25, 0.3) is 5.91 Å². The number of anilines is 1. The van der Waals surface area contributed by atoms with Gasteiger partial charge in [-0.05, 0) is 92.8 Å². The molecule has 0 radical (unpaired) electrons. The Balaban J connectivity index is 1.67. The smallest absolute Gasteiger partial charge is 0.306 e. The first-order chi connectivity index (χ1) is 20.1. The zero-order chi connectivity index (χ0) is 30.4. The number of aryl methyl sites for hydroxylation is 1. The zero-order valence-corrected chi connectivity index (χ0v) is 26.8. The van der Waals surface area contributed by atoms with Gasteiger partial charge in [0, 0.05) is 34.8 Å². The summed E-state index contributed by atoms with van der Waals surface area (Å²) in [6.07, 6.45) is 6.42. The largest absolute Gasteiger partial charge is 0.491 e. The van der Waals surface area contributed by atoms with Crippen LogP contribution < -0.4 is 14.4 Å². The summed E-state index contributed by atoms with van der Waals surface area (Å²) in [6, 6.07) is 11.5. The molecule has 2 aromatic carbocycles. The molecule has 5 atom stereocenters. The Morgan fingerprint density at radius 2 is 1.93 bits per heavy atom. The van der Waals surface area contributed by atoms with Gasteiger partial charge in [-0.3, -0.25) is 14.3 Å². The standard InChI is InChI=1S/C33H45ClN2O5S/c1-5-7-9-29(33(38)39)28-13-10-24(28)18-36-19-25(27-14-12-26(34)16-22(27)8-6-2)20-41-31-15-11-23(17-30(31)36)32(37)35-42(40)21(3)4/h11-12,14-17,21,24-25,28-29H,5-10,13,18-20H2,1-4H3,(H,35,37)(H,38,39). The maximum atomic E-state index is 13.0. The van der Waals surface area contributed by atoms with E-state index in [0.717, 1.165) is 49.2 Å². The van der Waals surface area contributed by atoms with Gasteiger partial charge >= 0.3 is 5.97 Å². The third-order valence-corrected chi connectivity index (χ3v) is 10.2. The summed E-state index contributed by atoms with van der Waals surface area (Å²) >= 11 is 6.38. The van der Waals surface area contributed by atoms with Gasteiger partial charge in [0.2, 0.25) is 0 Å². The van der Waals surface area contributed by atoms with Gasteiger partial charge in [0.1, 0.15) is 16.7 Å². The molecule has 9 heteroatoms. The number of fused-ring (bicyclic) bond motifs is 1. The number of nitrogens with one attached hydrogen (secondary N) is 1. The summed E-state index contributed by atoms with van der Waals surface area (Å²) in [5, 5.41) is 10.6. The number of hydrogen-bond donors (Lipinski definition) is 2. The fourth-order valence-corrected chi connectivity index (χ4v) is 7.03. The Morgan fingerprint density at radius 1 is 1.14 bits per heavy atom. The minimum atomic E-state index is -1.48. The lowest BCUT2D eigenvalue weighted by Crippen LogP contribution is -2.44. The van der Waals surface area contributed by atoms with Crippen LogP contribution in [0, 0.1) is 17.8 Å². The monoisotopic (exact) mass is 616 g/mol. The number of benzene rings is 2. The summed E-state index contributed by atoms with van der Waals surface area (Å²) in [5.74, 6) is -0.291. The highest BCUT2D eigenvalue weighted by Gasteiger charge is 2.41. The molecule has 1 heterocycles. The van der Waals surface area contributed by atoms with Crippen LogP contribution in [0.15, 0.2) is 36.4 Å². The fraction of sp³-hybridized carbons (Fsp3) is 0.576. The quantitative estimate of drug-likeness (QED) is 0.252. The molecular weight excluding hydrogens is 572 g/mol. The first kappa shape index (κ1) is 32.3. The van der Waals surface area contributed by atoms with Crippen LogP contribution in [0.2, 0.25) is 5.02 Å². The fourth-order valence-electron chi connectivity index (χ4n) is 6.30. The molecule has 0 saturated heterocycles. The Morgan fingerprint density at radius 3 is 2.57 bits per heavy atom. The molecule has 1 aliphatic carbocycles. The Hall–Kier alpha value is -2.58. The topological polar surface area (TPSA) is 95.9 Å². The van der Waals surface area contributed by atoms with Crippen LogP contribution >= 0.6 is 11.6 Å². The van der Waals surface area contributed by atoms with E-state index < -0.39 is 17.0 Å². The maximum absolute atomic E-state index is 13.0. The number of carbonyl (C=O) groups is 2. The van der Waals surface area contributed by atoms with Crippen LogP contribution in [0.25, 0.3) is 0 Å². The molecule has 0 aromatic heterocycles. The number of carbonyl (C=O) groups excluding carboxylic acids is 1. The van der Waals surface area contributed by atoms with E-state index in [1.165, 1.54) is 11.1 Å². The zero-order valence-electron chi connectivity index (χ0n) is 25.2. The van der Waals surface area contributed by atoms with Gasteiger partial charge < -0.3 is 14.7 Å². The van der Waals surface area contributed by atoms with Crippen LogP contribution in [0.5, 0.6) is 5.75 Å². The number of carboxylic acids is 1. The highest BCUT2D eigenvalue weighted by molar-refractivity contribution is 7.84. The molecule has 42 heavy (non-hydrogen) atoms. The van der Waals surface area contributed by atoms with Crippen molar-refractivity contribution < 1.29 is 23.6 Å². The molecular formula is C33H45ClN2O5S. The van der Waals surface area contributed by atoms with Crippen molar-refractivity contribution >= 4 is 40.2 Å². The second-order valence-corrected chi connectivity index (χ2v) is 14.2. The van der Waals surface area contributed by atoms with Gasteiger partial charge in [0.15, 0.2) is 0 Å². The number of halogens is 1. The number of ether oxygens (including phenoxy) is 1. The third kappa shape index (κ3) is 7.67. The lowest BCUT2D eigenvalue weighted by atomic mass is 9.65. The molecule has 0 spiro atoms. The summed E-state index contributed by atoms with van der Waals surface area (Å²) < 4.78 is 21.4. The number of nitrogens with zero attached hydrogens (tertiary/aromatic N) is 1. The number of amides is 1. The summed E-state index contributed by atoms with van der Waals surface area (Å²) in [4.78, 5) is 27.6. The van der Waals surface area contributed by atoms with Crippen molar-refractivity contribution in [1.82, 2.24) is 4.72 Å². The van der Waals surface area contributed by atoms with E-state index in [4.69, 9.17) is 16.3 Å². The molecule has 2 N–H and O–H groups in total. The van der Waals surface area contributed by atoms with Crippen molar-refractivity contribution in [2.75, 3.05) is 24.6 Å². The first-order valence-electron chi connectivity index (χ1n) is 15.4. The number of rotatable bonds is 13. The van der Waals surface area contributed by atoms with Crippen LogP contribution in [0.3, 0.4) is 0 Å². The Kier molecular flexibility index (Phi) is 11.3. The van der Waals surface area contributed by atoms with Crippen molar-refractivity contribution in [3.05, 3.63) is 58.1 Å². The molecule has 0 bridgehead atoms. The van der Waals surface area contributed by atoms with Gasteiger partial charge in [0.05, 0.1) is 18.2 Å². The second-order valence-electron chi connectivity index (χ2n) is 12.1. The predicted molar refractivity (Wildman–Crippen MR) is 170 cm³/mol. The lowest BCUT2D eigenvalue weighted by molar-refractivity contribution is -0.146. The molecule has 2 aliphatic rings. The molecule has 7 nitrogen and oxygen atoms in total. The normalized spacial score (nSPS) is 21.5. The van der Waals surface area contributed by atoms with E-state index in [9.17, 15) is 18.9 Å². The van der Waals surface area contributed by atoms with Crippen molar-refractivity contribution in [2.45, 2.75) is 83.8 Å². The Labute approximate surface area is 257 Å². The third-order valence-electron chi connectivity index (χ3n) is 8.76. The molecule has 1 fully saturated rings. The molecule has 1 aliphatic heterocycles. The van der Waals surface area contributed by atoms with Crippen LogP contribution in [0.4, 0.5) is 5.69 Å². The van der Waals surface area contributed by atoms with Gasteiger partial charge in [-0.15, -0.1) is 0 Å². The highest BCUT2D eigenvalue weighted by Crippen LogP contribution is 2.45. The molecule has 2 aromatic rings. The summed E-state index contributed by atoms with van der Waals surface area (Å²) in [6.45, 7) is 9.69. The Bertz CT molecular complexity index is 1290. The van der Waals surface area contributed by atoms with Gasteiger partial charge in [-0.25, -0.2) is 4.21 Å². The average Bonchev–Trinajstić information content (AvgIpc) is 3.12. The summed E-state index contributed by atoms with van der Waals surface area (Å²) in [5.41, 5.74) is 3.66. The van der Waals surface area contributed by atoms with Crippen LogP contribution in [0.1, 0.15) is 93.6 Å². The van der Waals surface area contributed by atoms with E-state index >= 15 is 0 Å². The first-order valence-corrected chi connectivity index (χ1v) is 17.0. The van der Waals surface area contributed by atoms with Gasteiger partial charge in [-0.1, -0.05) is 50.8 Å². The van der Waals surface area contributed by atoms with Crippen LogP contribution in [-0.4, -0.2) is 46.1 Å². The minimum absolute atomic E-state index is 0.0656. The van der Waals surface area contributed by atoms with E-state index in [0.29, 0.717) is 37.4 Å². The van der Waals surface area contributed by atoms with E-state index in [1.54, 1.807) is 19.9 Å². The molecule has 1 amide bonds. The molecule has 230 valence electrons. The number of unbranched alkanes of at least 4 members (excludes halogenated alkanes) is 1. The highest BCUT2D eigenvalue weighted by atomic mass is 35.5. The van der Waals surface area contributed by atoms with E-state index in [-0.39, 0.29) is 34.8 Å². The van der Waals surface area contributed by atoms with Crippen molar-refractivity contribution in [3.8, 4) is 5.75 Å². The number of hydrogen-bond acceptors (Lipinski definition) is 5. The molecule has 5 unspecified atom stereocenters. The van der Waals surface area contributed by atoms with Crippen LogP contribution in [-0.2, 0) is 22.2 Å². The average molecular weight is 617 g/mol. The molecule has 4 rings (SSSR count). The number of carboxylic acid groups (broad SMARTS) is 1. The van der Waals surface area contributed by atoms with E-state index in [1.807, 2.05) is 24.3 Å². The lowest BCUT2D eigenvalue weighted by Gasteiger charge is -2.43. The van der Waals surface area contributed by atoms with Crippen molar-refractivity contribution in [3.63, 3.8) is 0 Å².